The number of hydrogen-bond acceptors (Lipinski definition) is 6. The van der Waals surface area contributed by atoms with E-state index in [-0.39, 0.29) is 17.2 Å². The summed E-state index contributed by atoms with van der Waals surface area (Å²) in [4.78, 5) is 12.2. The number of hydrogen-bond donors (Lipinski definition) is 2. The highest BCUT2D eigenvalue weighted by molar-refractivity contribution is 7.91. The van der Waals surface area contributed by atoms with Gasteiger partial charge in [-0.05, 0) is 25.0 Å². The van der Waals surface area contributed by atoms with Gasteiger partial charge < -0.3 is 5.32 Å². The Labute approximate surface area is 157 Å². The second-order valence-corrected chi connectivity index (χ2v) is 9.41. The van der Waals surface area contributed by atoms with Crippen molar-refractivity contribution in [2.75, 3.05) is 17.6 Å². The van der Waals surface area contributed by atoms with E-state index in [1.54, 1.807) is 30.3 Å². The highest BCUT2D eigenvalue weighted by Crippen LogP contribution is 2.35. The van der Waals surface area contributed by atoms with Gasteiger partial charge >= 0.3 is 6.03 Å². The van der Waals surface area contributed by atoms with Crippen LogP contribution < -0.4 is 10.6 Å². The lowest BCUT2D eigenvalue weighted by atomic mass is 9.90. The van der Waals surface area contributed by atoms with Gasteiger partial charge in [0.15, 0.2) is 9.84 Å². The summed E-state index contributed by atoms with van der Waals surface area (Å²) in [5, 5.41) is 14.8. The third kappa shape index (κ3) is 5.01. The molecule has 140 valence electrons. The van der Waals surface area contributed by atoms with Gasteiger partial charge in [-0.25, -0.2) is 13.2 Å². The maximum atomic E-state index is 12.2. The van der Waals surface area contributed by atoms with E-state index in [1.807, 2.05) is 0 Å². The molecule has 1 aliphatic carbocycles. The fourth-order valence-electron chi connectivity index (χ4n) is 2.99. The first-order valence-corrected chi connectivity index (χ1v) is 11.2. The van der Waals surface area contributed by atoms with Crippen molar-refractivity contribution in [3.63, 3.8) is 0 Å². The molecule has 1 aromatic carbocycles. The van der Waals surface area contributed by atoms with Crippen LogP contribution >= 0.6 is 11.3 Å². The number of amides is 2. The van der Waals surface area contributed by atoms with Gasteiger partial charge in [0.1, 0.15) is 5.01 Å². The summed E-state index contributed by atoms with van der Waals surface area (Å²) < 4.78 is 24.3. The molecule has 1 fully saturated rings. The van der Waals surface area contributed by atoms with Crippen molar-refractivity contribution in [1.29, 1.82) is 0 Å². The van der Waals surface area contributed by atoms with E-state index in [1.165, 1.54) is 30.6 Å². The molecular weight excluding hydrogens is 372 g/mol. The number of carbonyl (C=O) groups is 1. The predicted octanol–water partition coefficient (Wildman–Crippen LogP) is 3.18. The number of anilines is 1. The maximum Gasteiger partial charge on any atom is 0.321 e. The summed E-state index contributed by atoms with van der Waals surface area (Å²) in [6.45, 7) is 0.0251. The SMILES string of the molecule is O=C(NCCS(=O)(=O)c1ccccc1)Nc1nnc(C2CCCCC2)s1. The standard InChI is InChI=1S/C17H22N4O3S2/c22-16(18-11-12-26(23,24)14-9-5-2-6-10-14)19-17-21-20-15(25-17)13-7-3-1-4-8-13/h2,5-6,9-10,13H,1,3-4,7-8,11-12H2,(H2,18,19,21,22). The minimum atomic E-state index is -3.41. The second kappa shape index (κ2) is 8.59. The van der Waals surface area contributed by atoms with Crippen molar-refractivity contribution in [1.82, 2.24) is 15.5 Å². The van der Waals surface area contributed by atoms with Crippen molar-refractivity contribution >= 4 is 32.3 Å². The molecule has 2 amide bonds. The fourth-order valence-corrected chi connectivity index (χ4v) is 5.07. The summed E-state index contributed by atoms with van der Waals surface area (Å²) in [7, 11) is -3.41. The van der Waals surface area contributed by atoms with Crippen LogP contribution in [0.15, 0.2) is 35.2 Å². The first-order chi connectivity index (χ1) is 12.5. The molecule has 7 nitrogen and oxygen atoms in total. The summed E-state index contributed by atoms with van der Waals surface area (Å²) >= 11 is 1.39. The van der Waals surface area contributed by atoms with E-state index in [0.29, 0.717) is 11.0 Å². The first-order valence-electron chi connectivity index (χ1n) is 8.71. The molecule has 0 atom stereocenters. The molecule has 3 rings (SSSR count). The predicted molar refractivity (Wildman–Crippen MR) is 101 cm³/mol. The van der Waals surface area contributed by atoms with Gasteiger partial charge in [-0.3, -0.25) is 5.32 Å². The largest absolute Gasteiger partial charge is 0.337 e. The summed E-state index contributed by atoms with van der Waals surface area (Å²) in [6.07, 6.45) is 5.94. The Morgan fingerprint density at radius 3 is 2.58 bits per heavy atom. The lowest BCUT2D eigenvalue weighted by Gasteiger charge is -2.18. The Hall–Kier alpha value is -2.00. The zero-order valence-electron chi connectivity index (χ0n) is 14.3. The van der Waals surface area contributed by atoms with Crippen LogP contribution in [0.1, 0.15) is 43.0 Å². The molecule has 1 aliphatic rings. The smallest absolute Gasteiger partial charge is 0.321 e. The molecule has 0 aliphatic heterocycles. The van der Waals surface area contributed by atoms with Gasteiger partial charge in [0.25, 0.3) is 0 Å². The van der Waals surface area contributed by atoms with Gasteiger partial charge in [0, 0.05) is 12.5 Å². The Kier molecular flexibility index (Phi) is 6.20. The number of benzene rings is 1. The number of sulfone groups is 1. The molecule has 1 saturated carbocycles. The van der Waals surface area contributed by atoms with Crippen LogP contribution in [0.5, 0.6) is 0 Å². The maximum absolute atomic E-state index is 12.2. The number of carbonyl (C=O) groups excluding carboxylic acids is 1. The van der Waals surface area contributed by atoms with Crippen molar-refractivity contribution in [2.24, 2.45) is 0 Å². The van der Waals surface area contributed by atoms with E-state index in [9.17, 15) is 13.2 Å². The molecule has 0 bridgehead atoms. The lowest BCUT2D eigenvalue weighted by molar-refractivity contribution is 0.252. The highest BCUT2D eigenvalue weighted by Gasteiger charge is 2.20. The first kappa shape index (κ1) is 18.8. The molecule has 1 aromatic heterocycles. The number of aromatic nitrogens is 2. The van der Waals surface area contributed by atoms with Gasteiger partial charge in [0.2, 0.25) is 5.13 Å². The van der Waals surface area contributed by atoms with Crippen LogP contribution in [-0.4, -0.2) is 36.9 Å². The van der Waals surface area contributed by atoms with Crippen LogP contribution in [0.2, 0.25) is 0 Å². The molecule has 0 saturated heterocycles. The molecule has 0 spiro atoms. The van der Waals surface area contributed by atoms with E-state index >= 15 is 0 Å². The second-order valence-electron chi connectivity index (χ2n) is 6.29. The highest BCUT2D eigenvalue weighted by atomic mass is 32.2. The van der Waals surface area contributed by atoms with Crippen LogP contribution in [0.4, 0.5) is 9.93 Å². The monoisotopic (exact) mass is 394 g/mol. The molecule has 9 heteroatoms. The van der Waals surface area contributed by atoms with Crippen molar-refractivity contribution in [2.45, 2.75) is 42.9 Å². The van der Waals surface area contributed by atoms with Crippen LogP contribution in [0.25, 0.3) is 0 Å². The zero-order valence-corrected chi connectivity index (χ0v) is 16.0. The third-order valence-corrected chi connectivity index (χ3v) is 7.11. The number of rotatable bonds is 6. The van der Waals surface area contributed by atoms with Gasteiger partial charge in [-0.15, -0.1) is 10.2 Å². The molecule has 0 unspecified atom stereocenters. The van der Waals surface area contributed by atoms with Gasteiger partial charge in [0.05, 0.1) is 10.6 Å². The Bertz CT molecular complexity index is 831. The number of nitrogens with zero attached hydrogens (tertiary/aromatic N) is 2. The average molecular weight is 395 g/mol. The Balaban J connectivity index is 1.46. The van der Waals surface area contributed by atoms with Crippen molar-refractivity contribution < 1.29 is 13.2 Å². The van der Waals surface area contributed by atoms with E-state index in [0.717, 1.165) is 17.8 Å². The number of nitrogens with one attached hydrogen (secondary N) is 2. The van der Waals surface area contributed by atoms with E-state index in [4.69, 9.17) is 0 Å². The molecule has 2 N–H and O–H groups in total. The van der Waals surface area contributed by atoms with Crippen LogP contribution in [0.3, 0.4) is 0 Å². The topological polar surface area (TPSA) is 101 Å². The average Bonchev–Trinajstić information content (AvgIpc) is 3.11. The molecule has 0 radical (unpaired) electrons. The number of urea groups is 1. The normalized spacial score (nSPS) is 15.5. The fraction of sp³-hybridized carbons (Fsp3) is 0.471. The van der Waals surface area contributed by atoms with E-state index in [2.05, 4.69) is 20.8 Å². The Morgan fingerprint density at radius 1 is 1.12 bits per heavy atom. The van der Waals surface area contributed by atoms with Crippen LogP contribution in [-0.2, 0) is 9.84 Å². The van der Waals surface area contributed by atoms with Crippen molar-refractivity contribution in [3.8, 4) is 0 Å². The van der Waals surface area contributed by atoms with Gasteiger partial charge in [-0.1, -0.05) is 48.8 Å². The summed E-state index contributed by atoms with van der Waals surface area (Å²) in [6, 6.07) is 7.72. The minimum Gasteiger partial charge on any atom is -0.337 e. The Morgan fingerprint density at radius 2 is 1.85 bits per heavy atom. The summed E-state index contributed by atoms with van der Waals surface area (Å²) in [5.41, 5.74) is 0. The van der Waals surface area contributed by atoms with Crippen molar-refractivity contribution in [3.05, 3.63) is 35.3 Å². The molecule has 26 heavy (non-hydrogen) atoms. The third-order valence-electron chi connectivity index (χ3n) is 4.37. The van der Waals surface area contributed by atoms with E-state index < -0.39 is 15.9 Å². The molecule has 1 heterocycles. The lowest BCUT2D eigenvalue weighted by Crippen LogP contribution is -2.32. The minimum absolute atomic E-state index is 0.0251. The zero-order chi connectivity index (χ0) is 18.4. The van der Waals surface area contributed by atoms with Crippen LogP contribution in [0, 0.1) is 0 Å². The molecular formula is C17H22N4O3S2. The quantitative estimate of drug-likeness (QED) is 0.784. The van der Waals surface area contributed by atoms with Gasteiger partial charge in [-0.2, -0.15) is 0 Å². The molecule has 2 aromatic rings. The summed E-state index contributed by atoms with van der Waals surface area (Å²) in [5.74, 6) is 0.282.